The molecule has 0 heterocycles. The molecule has 15 aromatic rings. The van der Waals surface area contributed by atoms with Gasteiger partial charge < -0.3 is 14.7 Å². The van der Waals surface area contributed by atoms with E-state index in [0.29, 0.717) is 0 Å². The van der Waals surface area contributed by atoms with E-state index >= 15 is 0 Å². The second-order valence-electron chi connectivity index (χ2n) is 23.9. The number of hydrogen-bond donors (Lipinski definition) is 0. The van der Waals surface area contributed by atoms with E-state index in [1.165, 1.54) is 43.7 Å². The van der Waals surface area contributed by atoms with Gasteiger partial charge in [0.15, 0.2) is 0 Å². The van der Waals surface area contributed by atoms with Gasteiger partial charge >= 0.3 is 18.9 Å². The van der Waals surface area contributed by atoms with E-state index in [2.05, 4.69) is 449 Å². The molecule has 0 aliphatic rings. The predicted octanol–water partition coefficient (Wildman–Crippen LogP) is 16.4. The average molecular weight is 1340 g/mol. The number of anilines is 9. The number of nitrogens with zero attached hydrogens (tertiary/aromatic N) is 3. The molecule has 0 saturated carbocycles. The van der Waals surface area contributed by atoms with Gasteiger partial charge in [0.1, 0.15) is 12.3 Å². The van der Waals surface area contributed by atoms with E-state index in [4.69, 9.17) is 0 Å². The Morgan fingerprint density at radius 1 is 0.163 bits per heavy atom. The van der Waals surface area contributed by atoms with E-state index in [9.17, 15) is 0 Å². The van der Waals surface area contributed by atoms with Crippen molar-refractivity contribution in [1.29, 1.82) is 0 Å². The van der Waals surface area contributed by atoms with Gasteiger partial charge in [-0.1, -0.05) is 350 Å². The molecule has 98 heavy (non-hydrogen) atoms. The quantitative estimate of drug-likeness (QED) is 0.0842. The third kappa shape index (κ3) is 15.2. The summed E-state index contributed by atoms with van der Waals surface area (Å²) in [6.45, 7) is 0. The molecular weight excluding hydrogens is 1270 g/mol. The van der Waals surface area contributed by atoms with Crippen LogP contribution in [0.5, 0.6) is 0 Å². The van der Waals surface area contributed by atoms with Gasteiger partial charge in [0.25, 0.3) is 0 Å². The summed E-state index contributed by atoms with van der Waals surface area (Å²) >= 11 is 3.55. The summed E-state index contributed by atoms with van der Waals surface area (Å²) in [7, 11) is 0. The van der Waals surface area contributed by atoms with Crippen LogP contribution in [-0.4, -0.2) is 12.3 Å². The summed E-state index contributed by atoms with van der Waals surface area (Å²) in [5.41, 5.74) is 20.6. The molecule has 0 atom stereocenters. The summed E-state index contributed by atoms with van der Waals surface area (Å²) in [5.74, 6) is 0. The first-order valence-corrected chi connectivity index (χ1v) is 33.7. The summed E-state index contributed by atoms with van der Waals surface area (Å²) in [6, 6.07) is 156. The molecule has 0 N–H and O–H groups in total. The SMILES string of the molecule is Brc1cccc(N(c2ccccc2)c2ccccc2)c1.Cl.[Li+].c1ccc(N(c2ccccc2)c2cccc([B-](c3ccccc3)(c3ccccc3)c3ccccc3)c2)cc1.c1ccc(N(c2ccccc2)c2cccc([B-](c3ccccc3)(c3ccccc3)c3ccccc3)c2)cc1. The van der Waals surface area contributed by atoms with Gasteiger partial charge in [-0.3, -0.25) is 0 Å². The Bertz CT molecular complexity index is 4260. The van der Waals surface area contributed by atoms with Crippen molar-refractivity contribution < 1.29 is 18.9 Å². The Balaban J connectivity index is 0.000000154. The fraction of sp³-hybridized carbons (Fsp3) is 0. The Morgan fingerprint density at radius 2 is 0.316 bits per heavy atom. The van der Waals surface area contributed by atoms with Crippen molar-refractivity contribution in [3.63, 3.8) is 0 Å². The maximum absolute atomic E-state index is 3.55. The molecule has 0 aliphatic heterocycles. The van der Waals surface area contributed by atoms with E-state index in [0.717, 1.165) is 55.7 Å². The molecule has 0 unspecified atom stereocenters. The van der Waals surface area contributed by atoms with Crippen molar-refractivity contribution in [3.8, 4) is 0 Å². The first kappa shape index (κ1) is 68.6. The number of para-hydroxylation sites is 6. The molecule has 8 heteroatoms. The zero-order chi connectivity index (χ0) is 65.0. The minimum Gasteiger partial charge on any atom is -0.311 e. The number of hydrogen-bond acceptors (Lipinski definition) is 3. The standard InChI is InChI=1S/2C36H29BN.C18H14BrN.ClH.Li/c2*1-6-17-30(18-7-1)37(31-19-8-2-9-20-31,32-21-10-3-11-22-32)33-23-16-28-36(29-33)38(34-24-12-4-13-25-34)35-26-14-5-15-27-35;19-15-8-7-13-18(14-15)20(16-9-3-1-4-10-16)17-11-5-2-6-12-17;;/h2*1-29H;1-14H;1H;/q2*-1;;;+1. The fourth-order valence-electron chi connectivity index (χ4n) is 14.0. The Kier molecular flexibility index (Phi) is 23.6. The number of halogens is 2. The first-order valence-electron chi connectivity index (χ1n) is 32.9. The largest absolute Gasteiger partial charge is 1.00 e. The summed E-state index contributed by atoms with van der Waals surface area (Å²) < 4.78 is 1.08. The van der Waals surface area contributed by atoms with Gasteiger partial charge in [-0.05, 0) is 103 Å². The van der Waals surface area contributed by atoms with Crippen LogP contribution in [0.1, 0.15) is 0 Å². The number of rotatable bonds is 17. The molecule has 0 fully saturated rings. The second-order valence-corrected chi connectivity index (χ2v) is 24.8. The molecule has 3 nitrogen and oxygen atoms in total. The van der Waals surface area contributed by atoms with Crippen molar-refractivity contribution in [2.45, 2.75) is 0 Å². The minimum absolute atomic E-state index is 0. The van der Waals surface area contributed by atoms with Crippen LogP contribution < -0.4 is 77.3 Å². The smallest absolute Gasteiger partial charge is 0.311 e. The van der Waals surface area contributed by atoms with E-state index in [1.54, 1.807) is 0 Å². The topological polar surface area (TPSA) is 9.72 Å². The number of benzene rings is 15. The van der Waals surface area contributed by atoms with E-state index < -0.39 is 12.3 Å². The zero-order valence-corrected chi connectivity index (χ0v) is 57.3. The monoisotopic (exact) mass is 1340 g/mol. The third-order valence-corrected chi connectivity index (χ3v) is 18.7. The molecule has 0 radical (unpaired) electrons. The Labute approximate surface area is 605 Å². The molecule has 0 bridgehead atoms. The first-order chi connectivity index (χ1) is 47.6. The zero-order valence-electron chi connectivity index (χ0n) is 54.9. The Hall–Kier alpha value is -10.8. The normalized spacial score (nSPS) is 10.7. The van der Waals surface area contributed by atoms with Crippen LogP contribution in [0.4, 0.5) is 51.2 Å². The van der Waals surface area contributed by atoms with Crippen molar-refractivity contribution in [2.24, 2.45) is 0 Å². The van der Waals surface area contributed by atoms with Gasteiger partial charge in [0.05, 0.1) is 0 Å². The van der Waals surface area contributed by atoms with Crippen molar-refractivity contribution in [3.05, 3.63) is 441 Å². The van der Waals surface area contributed by atoms with Gasteiger partial charge in [-0.15, -0.1) is 12.4 Å². The maximum Gasteiger partial charge on any atom is 1.00 e. The van der Waals surface area contributed by atoms with Gasteiger partial charge in [-0.25, -0.2) is 0 Å². The minimum atomic E-state index is -1.44. The van der Waals surface area contributed by atoms with Gasteiger partial charge in [0.2, 0.25) is 0 Å². The van der Waals surface area contributed by atoms with Crippen LogP contribution >= 0.6 is 28.3 Å². The summed E-state index contributed by atoms with van der Waals surface area (Å²) in [5, 5.41) is 0. The third-order valence-electron chi connectivity index (χ3n) is 18.2. The molecular formula is C90H73B2BrClLiN3-. The van der Waals surface area contributed by atoms with E-state index in [1.807, 2.05) is 18.2 Å². The molecule has 0 amide bonds. The second kappa shape index (κ2) is 33.7. The molecule has 0 saturated heterocycles. The molecule has 0 aliphatic carbocycles. The maximum atomic E-state index is 3.55. The van der Waals surface area contributed by atoms with E-state index in [-0.39, 0.29) is 31.3 Å². The van der Waals surface area contributed by atoms with Crippen LogP contribution in [0.15, 0.2) is 441 Å². The predicted molar refractivity (Wildman–Crippen MR) is 426 cm³/mol. The molecule has 15 aromatic carbocycles. The van der Waals surface area contributed by atoms with Crippen molar-refractivity contribution in [1.82, 2.24) is 0 Å². The van der Waals surface area contributed by atoms with Crippen LogP contribution in [0.3, 0.4) is 0 Å². The van der Waals surface area contributed by atoms with Crippen LogP contribution in [0, 0.1) is 0 Å². The molecule has 470 valence electrons. The van der Waals surface area contributed by atoms with Crippen molar-refractivity contribution in [2.75, 3.05) is 14.7 Å². The Morgan fingerprint density at radius 3 is 0.510 bits per heavy atom. The molecule has 0 spiro atoms. The summed E-state index contributed by atoms with van der Waals surface area (Å²) in [6.07, 6.45) is -2.88. The van der Waals surface area contributed by atoms with Crippen LogP contribution in [0.2, 0.25) is 0 Å². The fourth-order valence-corrected chi connectivity index (χ4v) is 14.4. The van der Waals surface area contributed by atoms with Gasteiger partial charge in [0, 0.05) is 55.7 Å². The van der Waals surface area contributed by atoms with Crippen molar-refractivity contribution >= 4 is 136 Å². The average Bonchev–Trinajstić information content (AvgIpc) is 0.739. The van der Waals surface area contributed by atoms with Crippen LogP contribution in [-0.2, 0) is 0 Å². The summed E-state index contributed by atoms with van der Waals surface area (Å²) in [4.78, 5) is 6.92. The van der Waals surface area contributed by atoms with Crippen LogP contribution in [0.25, 0.3) is 0 Å². The van der Waals surface area contributed by atoms with Gasteiger partial charge in [-0.2, -0.15) is 43.7 Å². The molecule has 0 aromatic heterocycles. The molecule has 15 rings (SSSR count).